The lowest BCUT2D eigenvalue weighted by atomic mass is 10.1. The minimum absolute atomic E-state index is 0.0895. The Bertz CT molecular complexity index is 1140. The van der Waals surface area contributed by atoms with Crippen LogP contribution in [-0.2, 0) is 26.2 Å². The molecule has 0 unspecified atom stereocenters. The number of carbonyl (C=O) groups is 2. The van der Waals surface area contributed by atoms with Crippen LogP contribution in [0.15, 0.2) is 42.5 Å². The van der Waals surface area contributed by atoms with Crippen molar-refractivity contribution in [2.24, 2.45) is 0 Å². The van der Waals surface area contributed by atoms with Gasteiger partial charge in [-0.15, -0.1) is 0 Å². The summed E-state index contributed by atoms with van der Waals surface area (Å²) in [7, 11) is -0.966. The SMILES string of the molecule is COc1ccc(N(CC(=O)N(Cc2ccc(Cl)cc2)[C@H](C)C(=O)NC(C)C)S(C)(=O)=O)cc1OC. The minimum atomic E-state index is -3.86. The number of nitrogens with zero attached hydrogens (tertiary/aromatic N) is 2. The van der Waals surface area contributed by atoms with E-state index in [0.29, 0.717) is 16.5 Å². The zero-order valence-electron chi connectivity index (χ0n) is 20.7. The van der Waals surface area contributed by atoms with Gasteiger partial charge in [-0.05, 0) is 50.6 Å². The molecule has 2 aromatic rings. The molecule has 0 heterocycles. The van der Waals surface area contributed by atoms with Crippen molar-refractivity contribution in [3.63, 3.8) is 0 Å². The largest absolute Gasteiger partial charge is 0.493 e. The number of ether oxygens (including phenoxy) is 2. The zero-order chi connectivity index (χ0) is 26.3. The fraction of sp³-hybridized carbons (Fsp3) is 0.417. The van der Waals surface area contributed by atoms with Crippen LogP contribution in [0.2, 0.25) is 5.02 Å². The third-order valence-corrected chi connectivity index (χ3v) is 6.59. The van der Waals surface area contributed by atoms with Gasteiger partial charge in [-0.2, -0.15) is 0 Å². The summed E-state index contributed by atoms with van der Waals surface area (Å²) >= 11 is 5.98. The van der Waals surface area contributed by atoms with Crippen molar-refractivity contribution >= 4 is 39.1 Å². The summed E-state index contributed by atoms with van der Waals surface area (Å²) in [5.74, 6) is -0.168. The Morgan fingerprint density at radius 3 is 2.11 bits per heavy atom. The van der Waals surface area contributed by atoms with E-state index in [0.717, 1.165) is 16.1 Å². The molecule has 0 aromatic heterocycles. The molecule has 2 aromatic carbocycles. The van der Waals surface area contributed by atoms with Crippen LogP contribution in [0.4, 0.5) is 5.69 Å². The van der Waals surface area contributed by atoms with E-state index in [1.165, 1.54) is 31.3 Å². The third kappa shape index (κ3) is 7.76. The molecule has 192 valence electrons. The molecule has 0 spiro atoms. The minimum Gasteiger partial charge on any atom is -0.493 e. The number of rotatable bonds is 11. The summed E-state index contributed by atoms with van der Waals surface area (Å²) in [5, 5.41) is 3.34. The highest BCUT2D eigenvalue weighted by atomic mass is 35.5. The van der Waals surface area contributed by atoms with Crippen molar-refractivity contribution < 1.29 is 27.5 Å². The maximum absolute atomic E-state index is 13.5. The average molecular weight is 526 g/mol. The van der Waals surface area contributed by atoms with Crippen LogP contribution in [0.1, 0.15) is 26.3 Å². The highest BCUT2D eigenvalue weighted by molar-refractivity contribution is 7.92. The summed E-state index contributed by atoms with van der Waals surface area (Å²) in [6, 6.07) is 10.4. The summed E-state index contributed by atoms with van der Waals surface area (Å²) in [6.45, 7) is 4.82. The first-order valence-electron chi connectivity index (χ1n) is 10.9. The van der Waals surface area contributed by atoms with Crippen molar-refractivity contribution in [2.45, 2.75) is 39.4 Å². The van der Waals surface area contributed by atoms with Gasteiger partial charge >= 0.3 is 0 Å². The van der Waals surface area contributed by atoms with E-state index >= 15 is 0 Å². The fourth-order valence-corrected chi connectivity index (χ4v) is 4.34. The predicted molar refractivity (Wildman–Crippen MR) is 136 cm³/mol. The number of methoxy groups -OCH3 is 2. The van der Waals surface area contributed by atoms with Gasteiger partial charge in [0.15, 0.2) is 11.5 Å². The predicted octanol–water partition coefficient (Wildman–Crippen LogP) is 3.07. The molecule has 0 radical (unpaired) electrons. The molecule has 0 aliphatic heterocycles. The topological polar surface area (TPSA) is 105 Å². The molecule has 2 rings (SSSR count). The zero-order valence-corrected chi connectivity index (χ0v) is 22.3. The number of hydrogen-bond acceptors (Lipinski definition) is 6. The maximum atomic E-state index is 13.5. The van der Waals surface area contributed by atoms with Gasteiger partial charge in [0.25, 0.3) is 0 Å². The van der Waals surface area contributed by atoms with Gasteiger partial charge in [0.05, 0.1) is 26.2 Å². The number of benzene rings is 2. The van der Waals surface area contributed by atoms with Gasteiger partial charge < -0.3 is 19.7 Å². The summed E-state index contributed by atoms with van der Waals surface area (Å²) in [6.07, 6.45) is 1.01. The van der Waals surface area contributed by atoms with E-state index in [2.05, 4.69) is 5.32 Å². The van der Waals surface area contributed by atoms with Crippen LogP contribution in [0, 0.1) is 0 Å². The Hall–Kier alpha value is -2.98. The van der Waals surface area contributed by atoms with Gasteiger partial charge in [0, 0.05) is 23.7 Å². The Morgan fingerprint density at radius 2 is 1.60 bits per heavy atom. The third-order valence-electron chi connectivity index (χ3n) is 5.20. The second-order valence-electron chi connectivity index (χ2n) is 8.30. The summed E-state index contributed by atoms with van der Waals surface area (Å²) in [5.41, 5.74) is 0.966. The van der Waals surface area contributed by atoms with Crippen molar-refractivity contribution in [1.29, 1.82) is 0 Å². The monoisotopic (exact) mass is 525 g/mol. The fourth-order valence-electron chi connectivity index (χ4n) is 3.37. The van der Waals surface area contributed by atoms with Crippen LogP contribution in [0.3, 0.4) is 0 Å². The molecular formula is C24H32ClN3O6S. The van der Waals surface area contributed by atoms with Crippen molar-refractivity contribution in [3.05, 3.63) is 53.1 Å². The molecule has 1 N–H and O–H groups in total. The first kappa shape index (κ1) is 28.3. The van der Waals surface area contributed by atoms with E-state index in [1.807, 2.05) is 13.8 Å². The highest BCUT2D eigenvalue weighted by Gasteiger charge is 2.30. The van der Waals surface area contributed by atoms with Crippen molar-refractivity contribution in [1.82, 2.24) is 10.2 Å². The summed E-state index contributed by atoms with van der Waals surface area (Å²) in [4.78, 5) is 27.6. The first-order valence-corrected chi connectivity index (χ1v) is 13.1. The molecule has 0 aliphatic rings. The van der Waals surface area contributed by atoms with Gasteiger partial charge in [0.2, 0.25) is 21.8 Å². The quantitative estimate of drug-likeness (QED) is 0.483. The maximum Gasteiger partial charge on any atom is 0.244 e. The van der Waals surface area contributed by atoms with E-state index in [9.17, 15) is 18.0 Å². The van der Waals surface area contributed by atoms with Gasteiger partial charge in [-0.3, -0.25) is 13.9 Å². The molecule has 0 aliphatic carbocycles. The van der Waals surface area contributed by atoms with Crippen LogP contribution in [0.25, 0.3) is 0 Å². The van der Waals surface area contributed by atoms with Crippen LogP contribution < -0.4 is 19.1 Å². The molecule has 0 fully saturated rings. The summed E-state index contributed by atoms with van der Waals surface area (Å²) < 4.78 is 36.8. The number of nitrogens with one attached hydrogen (secondary N) is 1. The van der Waals surface area contributed by atoms with Crippen LogP contribution in [0.5, 0.6) is 11.5 Å². The number of amides is 2. The second-order valence-corrected chi connectivity index (χ2v) is 10.6. The standard InChI is InChI=1S/C24H32ClN3O6S/c1-16(2)26-24(30)17(3)27(14-18-7-9-19(25)10-8-18)23(29)15-28(35(6,31)32)20-11-12-21(33-4)22(13-20)34-5/h7-13,16-17H,14-15H2,1-6H3,(H,26,30)/t17-/m1/s1. The van der Waals surface area contributed by atoms with E-state index in [4.69, 9.17) is 21.1 Å². The lowest BCUT2D eigenvalue weighted by molar-refractivity contribution is -0.139. The molecule has 0 saturated heterocycles. The Morgan fingerprint density at radius 1 is 1.00 bits per heavy atom. The van der Waals surface area contributed by atoms with Gasteiger partial charge in [0.1, 0.15) is 12.6 Å². The Labute approximate surface area is 212 Å². The lowest BCUT2D eigenvalue weighted by Gasteiger charge is -2.32. The number of sulfonamides is 1. The molecule has 2 amide bonds. The molecule has 0 bridgehead atoms. The number of carbonyl (C=O) groups excluding carboxylic acids is 2. The van der Waals surface area contributed by atoms with Gasteiger partial charge in [-0.1, -0.05) is 23.7 Å². The Kier molecular flexibility index (Phi) is 9.79. The highest BCUT2D eigenvalue weighted by Crippen LogP contribution is 2.32. The number of halogens is 1. The molecule has 35 heavy (non-hydrogen) atoms. The smallest absolute Gasteiger partial charge is 0.244 e. The van der Waals surface area contributed by atoms with E-state index in [1.54, 1.807) is 37.3 Å². The Balaban J connectivity index is 2.43. The number of anilines is 1. The first-order chi connectivity index (χ1) is 16.4. The van der Waals surface area contributed by atoms with E-state index in [-0.39, 0.29) is 24.2 Å². The molecule has 0 saturated carbocycles. The van der Waals surface area contributed by atoms with Crippen molar-refractivity contribution in [2.75, 3.05) is 31.3 Å². The van der Waals surface area contributed by atoms with Crippen LogP contribution in [-0.4, -0.2) is 64.2 Å². The molecular weight excluding hydrogens is 494 g/mol. The lowest BCUT2D eigenvalue weighted by Crippen LogP contribution is -2.52. The van der Waals surface area contributed by atoms with Gasteiger partial charge in [-0.25, -0.2) is 8.42 Å². The average Bonchev–Trinajstić information content (AvgIpc) is 2.79. The molecule has 11 heteroatoms. The second kappa shape index (κ2) is 12.1. The van der Waals surface area contributed by atoms with E-state index < -0.39 is 28.5 Å². The molecule has 1 atom stereocenters. The number of hydrogen-bond donors (Lipinski definition) is 1. The normalized spacial score (nSPS) is 12.1. The van der Waals surface area contributed by atoms with Crippen molar-refractivity contribution in [3.8, 4) is 11.5 Å². The molecule has 9 nitrogen and oxygen atoms in total. The van der Waals surface area contributed by atoms with Crippen LogP contribution >= 0.6 is 11.6 Å².